The van der Waals surface area contributed by atoms with E-state index in [1.807, 2.05) is 36.4 Å². The summed E-state index contributed by atoms with van der Waals surface area (Å²) in [5, 5.41) is 17.1. The molecule has 0 radical (unpaired) electrons. The molecule has 6 heteroatoms. The first-order chi connectivity index (χ1) is 11.1. The third kappa shape index (κ3) is 4.51. The summed E-state index contributed by atoms with van der Waals surface area (Å²) in [5.74, 6) is -1.52. The predicted octanol–water partition coefficient (Wildman–Crippen LogP) is 0.752. The number of aliphatic hydroxyl groups excluding tert-OH is 1. The minimum atomic E-state index is -0.892. The molecule has 122 valence electrons. The molecule has 0 saturated heterocycles. The molecule has 0 aromatic heterocycles. The van der Waals surface area contributed by atoms with E-state index in [-0.39, 0.29) is 13.1 Å². The Bertz CT molecular complexity index is 682. The molecular weight excluding hydrogens is 296 g/mol. The summed E-state index contributed by atoms with van der Waals surface area (Å²) in [6, 6.07) is 13.3. The molecule has 0 aliphatic heterocycles. The molecule has 0 aliphatic carbocycles. The van der Waals surface area contributed by atoms with Crippen LogP contribution in [0.3, 0.4) is 0 Å². The fourth-order valence-electron chi connectivity index (χ4n) is 2.27. The lowest BCUT2D eigenvalue weighted by Crippen LogP contribution is -2.42. The molecule has 1 atom stereocenters. The van der Waals surface area contributed by atoms with E-state index >= 15 is 0 Å². The monoisotopic (exact) mass is 316 g/mol. The van der Waals surface area contributed by atoms with Gasteiger partial charge in [-0.15, -0.1) is 0 Å². The summed E-state index contributed by atoms with van der Waals surface area (Å²) in [7, 11) is 1.51. The van der Waals surface area contributed by atoms with Gasteiger partial charge in [-0.05, 0) is 16.3 Å². The molecule has 2 amide bonds. The van der Waals surface area contributed by atoms with Crippen LogP contribution in [0, 0.1) is 0 Å². The quantitative estimate of drug-likeness (QED) is 0.542. The van der Waals surface area contributed by atoms with E-state index in [0.29, 0.717) is 12.2 Å². The second-order valence-electron chi connectivity index (χ2n) is 5.04. The van der Waals surface area contributed by atoms with Crippen LogP contribution in [0.15, 0.2) is 42.5 Å². The number of amides is 2. The van der Waals surface area contributed by atoms with Crippen LogP contribution in [0.2, 0.25) is 0 Å². The normalized spacial score (nSPS) is 11.9. The van der Waals surface area contributed by atoms with Gasteiger partial charge in [0.2, 0.25) is 0 Å². The number of fused-ring (bicyclic) bond motifs is 1. The van der Waals surface area contributed by atoms with Crippen LogP contribution >= 0.6 is 0 Å². The number of hydrogen-bond donors (Lipinski definition) is 3. The summed E-state index contributed by atoms with van der Waals surface area (Å²) in [4.78, 5) is 23.2. The molecule has 0 fully saturated rings. The molecule has 0 bridgehead atoms. The highest BCUT2D eigenvalue weighted by Crippen LogP contribution is 2.23. The molecule has 1 unspecified atom stereocenters. The lowest BCUT2D eigenvalue weighted by molar-refractivity contribution is -0.139. The van der Waals surface area contributed by atoms with Crippen LogP contribution < -0.4 is 10.6 Å². The predicted molar refractivity (Wildman–Crippen MR) is 86.8 cm³/mol. The summed E-state index contributed by atoms with van der Waals surface area (Å²) < 4.78 is 4.78. The van der Waals surface area contributed by atoms with E-state index in [9.17, 15) is 14.7 Å². The molecule has 0 aliphatic rings. The molecule has 0 saturated carbocycles. The van der Waals surface area contributed by atoms with Gasteiger partial charge in [0, 0.05) is 20.2 Å². The Labute approximate surface area is 134 Å². The summed E-state index contributed by atoms with van der Waals surface area (Å²) in [6.07, 6.45) is -0.892. The van der Waals surface area contributed by atoms with Crippen LogP contribution in [0.5, 0.6) is 0 Å². The van der Waals surface area contributed by atoms with Gasteiger partial charge in [0.1, 0.15) is 0 Å². The Hall–Kier alpha value is -2.44. The van der Waals surface area contributed by atoms with Crippen molar-refractivity contribution in [1.29, 1.82) is 0 Å². The molecule has 2 rings (SSSR count). The Morgan fingerprint density at radius 2 is 1.78 bits per heavy atom. The zero-order valence-electron chi connectivity index (χ0n) is 12.9. The highest BCUT2D eigenvalue weighted by atomic mass is 16.5. The Morgan fingerprint density at radius 1 is 1.09 bits per heavy atom. The van der Waals surface area contributed by atoms with Gasteiger partial charge in [0.15, 0.2) is 0 Å². The maximum absolute atomic E-state index is 11.7. The van der Waals surface area contributed by atoms with Crippen molar-refractivity contribution in [3.63, 3.8) is 0 Å². The van der Waals surface area contributed by atoms with Crippen molar-refractivity contribution in [2.45, 2.75) is 6.10 Å². The third-order valence-electron chi connectivity index (χ3n) is 3.44. The highest BCUT2D eigenvalue weighted by molar-refractivity contribution is 6.35. The Kier molecular flexibility index (Phi) is 6.08. The topological polar surface area (TPSA) is 87.7 Å². The standard InChI is InChI=1S/C17H20N2O4/c1-23-10-9-18-16(21)17(22)19-11-15(20)14-8-4-6-12-5-2-3-7-13(12)14/h2-8,15,20H,9-11H2,1H3,(H,18,21)(H,19,22). The number of methoxy groups -OCH3 is 1. The number of benzene rings is 2. The van der Waals surface area contributed by atoms with Crippen molar-refractivity contribution in [2.24, 2.45) is 0 Å². The van der Waals surface area contributed by atoms with Crippen LogP contribution in [0.25, 0.3) is 10.8 Å². The van der Waals surface area contributed by atoms with Gasteiger partial charge >= 0.3 is 11.8 Å². The molecule has 0 heterocycles. The van der Waals surface area contributed by atoms with Crippen LogP contribution in [0.1, 0.15) is 11.7 Å². The number of aliphatic hydroxyl groups is 1. The van der Waals surface area contributed by atoms with Crippen LogP contribution in [-0.4, -0.2) is 43.7 Å². The van der Waals surface area contributed by atoms with E-state index in [1.54, 1.807) is 6.07 Å². The maximum atomic E-state index is 11.7. The van der Waals surface area contributed by atoms with Gasteiger partial charge in [-0.3, -0.25) is 9.59 Å². The van der Waals surface area contributed by atoms with E-state index in [0.717, 1.165) is 10.8 Å². The number of rotatable bonds is 6. The second-order valence-corrected chi connectivity index (χ2v) is 5.04. The molecular formula is C17H20N2O4. The average Bonchev–Trinajstić information content (AvgIpc) is 2.58. The van der Waals surface area contributed by atoms with Crippen molar-refractivity contribution in [1.82, 2.24) is 10.6 Å². The largest absolute Gasteiger partial charge is 0.387 e. The minimum Gasteiger partial charge on any atom is -0.387 e. The molecule has 23 heavy (non-hydrogen) atoms. The summed E-state index contributed by atoms with van der Waals surface area (Å²) >= 11 is 0. The maximum Gasteiger partial charge on any atom is 0.309 e. The van der Waals surface area contributed by atoms with E-state index in [1.165, 1.54) is 7.11 Å². The number of ether oxygens (including phenoxy) is 1. The van der Waals surface area contributed by atoms with E-state index in [2.05, 4.69) is 10.6 Å². The van der Waals surface area contributed by atoms with Gasteiger partial charge < -0.3 is 20.5 Å². The van der Waals surface area contributed by atoms with Crippen LogP contribution in [-0.2, 0) is 14.3 Å². The zero-order chi connectivity index (χ0) is 16.7. The van der Waals surface area contributed by atoms with Crippen molar-refractivity contribution in [3.05, 3.63) is 48.0 Å². The van der Waals surface area contributed by atoms with Crippen molar-refractivity contribution >= 4 is 22.6 Å². The first-order valence-electron chi connectivity index (χ1n) is 7.34. The van der Waals surface area contributed by atoms with E-state index in [4.69, 9.17) is 4.74 Å². The van der Waals surface area contributed by atoms with Gasteiger partial charge in [-0.25, -0.2) is 0 Å². The van der Waals surface area contributed by atoms with Gasteiger partial charge in [-0.2, -0.15) is 0 Å². The molecule has 2 aromatic rings. The summed E-state index contributed by atoms with van der Waals surface area (Å²) in [5.41, 5.74) is 0.711. The zero-order valence-corrected chi connectivity index (χ0v) is 12.9. The first kappa shape index (κ1) is 16.9. The number of hydrogen-bond acceptors (Lipinski definition) is 4. The van der Waals surface area contributed by atoms with Crippen molar-refractivity contribution in [3.8, 4) is 0 Å². The van der Waals surface area contributed by atoms with Crippen LogP contribution in [0.4, 0.5) is 0 Å². The molecule has 6 nitrogen and oxygen atoms in total. The number of carbonyl (C=O) groups is 2. The lowest BCUT2D eigenvalue weighted by atomic mass is 10.0. The molecule has 0 spiro atoms. The second kappa shape index (κ2) is 8.26. The number of nitrogens with one attached hydrogen (secondary N) is 2. The Balaban J connectivity index is 1.95. The first-order valence-corrected chi connectivity index (χ1v) is 7.34. The minimum absolute atomic E-state index is 0.0372. The lowest BCUT2D eigenvalue weighted by Gasteiger charge is -2.14. The average molecular weight is 316 g/mol. The van der Waals surface area contributed by atoms with Gasteiger partial charge in [0.25, 0.3) is 0 Å². The SMILES string of the molecule is COCCNC(=O)C(=O)NCC(O)c1cccc2ccccc12. The summed E-state index contributed by atoms with van der Waals surface area (Å²) in [6.45, 7) is 0.552. The van der Waals surface area contributed by atoms with Gasteiger partial charge in [0.05, 0.1) is 12.7 Å². The van der Waals surface area contributed by atoms with Crippen molar-refractivity contribution < 1.29 is 19.4 Å². The fourth-order valence-corrected chi connectivity index (χ4v) is 2.27. The molecule has 2 aromatic carbocycles. The highest BCUT2D eigenvalue weighted by Gasteiger charge is 2.16. The third-order valence-corrected chi connectivity index (χ3v) is 3.44. The smallest absolute Gasteiger partial charge is 0.309 e. The molecule has 3 N–H and O–H groups in total. The number of carbonyl (C=O) groups excluding carboxylic acids is 2. The van der Waals surface area contributed by atoms with E-state index < -0.39 is 17.9 Å². The van der Waals surface area contributed by atoms with Gasteiger partial charge in [-0.1, -0.05) is 42.5 Å². The Morgan fingerprint density at radius 3 is 2.57 bits per heavy atom. The fraction of sp³-hybridized carbons (Fsp3) is 0.294. The van der Waals surface area contributed by atoms with Crippen molar-refractivity contribution in [2.75, 3.05) is 26.8 Å².